The Balaban J connectivity index is 1.96. The van der Waals surface area contributed by atoms with E-state index < -0.39 is 18.5 Å². The van der Waals surface area contributed by atoms with Crippen molar-refractivity contribution >= 4 is 29.2 Å². The van der Waals surface area contributed by atoms with Gasteiger partial charge in [-0.3, -0.25) is 9.59 Å². The molecule has 0 heterocycles. The van der Waals surface area contributed by atoms with Crippen molar-refractivity contribution in [3.05, 3.63) is 52.5 Å². The first-order chi connectivity index (χ1) is 14.9. The van der Waals surface area contributed by atoms with Crippen LogP contribution in [0.2, 0.25) is 5.02 Å². The number of hydrogen-bond donors (Lipinski definition) is 0. The second kappa shape index (κ2) is 11.8. The van der Waals surface area contributed by atoms with Crippen molar-refractivity contribution in [1.29, 1.82) is 5.26 Å². The van der Waals surface area contributed by atoms with Crippen LogP contribution in [0.5, 0.6) is 11.5 Å². The number of benzene rings is 2. The fourth-order valence-electron chi connectivity index (χ4n) is 2.91. The summed E-state index contributed by atoms with van der Waals surface area (Å²) in [6, 6.07) is 12.5. The first kappa shape index (κ1) is 24.0. The predicted octanol–water partition coefficient (Wildman–Crippen LogP) is 4.09. The number of anilines is 1. The summed E-state index contributed by atoms with van der Waals surface area (Å²) >= 11 is 6.05. The maximum atomic E-state index is 12.7. The van der Waals surface area contributed by atoms with Gasteiger partial charge in [-0.1, -0.05) is 11.6 Å². The smallest absolute Gasteiger partial charge is 0.306 e. The van der Waals surface area contributed by atoms with E-state index in [1.165, 1.54) is 4.90 Å². The zero-order valence-electron chi connectivity index (χ0n) is 17.8. The summed E-state index contributed by atoms with van der Waals surface area (Å²) in [5.41, 5.74) is 2.26. The Bertz CT molecular complexity index is 949. The largest absolute Gasteiger partial charge is 0.497 e. The summed E-state index contributed by atoms with van der Waals surface area (Å²) in [7, 11) is 3.11. The van der Waals surface area contributed by atoms with Gasteiger partial charge in [-0.15, -0.1) is 0 Å². The topological polar surface area (TPSA) is 88.9 Å². The first-order valence-electron chi connectivity index (χ1n) is 9.69. The number of methoxy groups -OCH3 is 2. The van der Waals surface area contributed by atoms with Gasteiger partial charge in [0, 0.05) is 29.7 Å². The van der Waals surface area contributed by atoms with E-state index >= 15 is 0 Å². The Morgan fingerprint density at radius 2 is 1.77 bits per heavy atom. The minimum Gasteiger partial charge on any atom is -0.497 e. The van der Waals surface area contributed by atoms with Crippen LogP contribution in [0.4, 0.5) is 5.69 Å². The molecule has 0 N–H and O–H groups in total. The van der Waals surface area contributed by atoms with Gasteiger partial charge >= 0.3 is 5.97 Å². The molecule has 2 rings (SSSR count). The van der Waals surface area contributed by atoms with Gasteiger partial charge in [0.25, 0.3) is 5.91 Å². The van der Waals surface area contributed by atoms with Gasteiger partial charge in [-0.2, -0.15) is 5.26 Å². The molecule has 0 fully saturated rings. The lowest BCUT2D eigenvalue weighted by Gasteiger charge is -2.22. The number of nitriles is 1. The fourth-order valence-corrected chi connectivity index (χ4v) is 3.02. The second-order valence-corrected chi connectivity index (χ2v) is 7.18. The number of hydrogen-bond acceptors (Lipinski definition) is 6. The molecular formula is C23H25ClN2O5. The monoisotopic (exact) mass is 444 g/mol. The lowest BCUT2D eigenvalue weighted by atomic mass is 10.1. The predicted molar refractivity (Wildman–Crippen MR) is 118 cm³/mol. The summed E-state index contributed by atoms with van der Waals surface area (Å²) < 4.78 is 15.6. The van der Waals surface area contributed by atoms with E-state index in [1.54, 1.807) is 38.5 Å². The van der Waals surface area contributed by atoms with Crippen LogP contribution in [0.15, 0.2) is 36.4 Å². The van der Waals surface area contributed by atoms with Gasteiger partial charge < -0.3 is 19.1 Å². The van der Waals surface area contributed by atoms with Crippen LogP contribution in [0.1, 0.15) is 24.0 Å². The van der Waals surface area contributed by atoms with Crippen LogP contribution in [0, 0.1) is 18.3 Å². The quantitative estimate of drug-likeness (QED) is 0.513. The summed E-state index contributed by atoms with van der Waals surface area (Å²) in [4.78, 5) is 26.3. The molecule has 0 saturated carbocycles. The SMILES string of the molecule is COc1cc(CCC(=O)OCC(=O)N(CCC#N)c2ccc(Cl)c(C)c2)cc(OC)c1. The molecule has 0 radical (unpaired) electrons. The van der Waals surface area contributed by atoms with Crippen molar-refractivity contribution in [2.75, 3.05) is 32.3 Å². The van der Waals surface area contributed by atoms with Gasteiger partial charge in [0.15, 0.2) is 6.61 Å². The highest BCUT2D eigenvalue weighted by Crippen LogP contribution is 2.24. The molecule has 0 aliphatic rings. The zero-order chi connectivity index (χ0) is 22.8. The minimum absolute atomic E-state index is 0.0991. The maximum absolute atomic E-state index is 12.7. The third-order valence-electron chi connectivity index (χ3n) is 4.59. The molecule has 0 atom stereocenters. The Kier molecular flexibility index (Phi) is 9.16. The molecule has 0 unspecified atom stereocenters. The Labute approximate surface area is 187 Å². The van der Waals surface area contributed by atoms with E-state index in [1.807, 2.05) is 25.1 Å². The first-order valence-corrected chi connectivity index (χ1v) is 10.1. The minimum atomic E-state index is -0.498. The summed E-state index contributed by atoms with van der Waals surface area (Å²) in [5.74, 6) is 0.351. The van der Waals surface area contributed by atoms with Gasteiger partial charge in [-0.05, 0) is 54.8 Å². The average Bonchev–Trinajstić information content (AvgIpc) is 2.78. The Morgan fingerprint density at radius 1 is 1.10 bits per heavy atom. The molecule has 1 amide bonds. The number of rotatable bonds is 10. The van der Waals surface area contributed by atoms with Crippen LogP contribution >= 0.6 is 11.6 Å². The van der Waals surface area contributed by atoms with Crippen molar-refractivity contribution < 1.29 is 23.8 Å². The van der Waals surface area contributed by atoms with Crippen LogP contribution in [-0.2, 0) is 20.7 Å². The van der Waals surface area contributed by atoms with Crippen molar-refractivity contribution in [3.8, 4) is 17.6 Å². The molecule has 8 heteroatoms. The molecule has 0 spiro atoms. The Hall–Kier alpha value is -3.24. The number of halogens is 1. The molecular weight excluding hydrogens is 420 g/mol. The molecule has 2 aromatic carbocycles. The molecule has 0 bridgehead atoms. The highest BCUT2D eigenvalue weighted by Gasteiger charge is 2.18. The van der Waals surface area contributed by atoms with E-state index in [-0.39, 0.29) is 19.4 Å². The lowest BCUT2D eigenvalue weighted by Crippen LogP contribution is -2.35. The van der Waals surface area contributed by atoms with E-state index in [0.29, 0.717) is 28.6 Å². The van der Waals surface area contributed by atoms with Crippen molar-refractivity contribution in [3.63, 3.8) is 0 Å². The molecule has 0 aromatic heterocycles. The van der Waals surface area contributed by atoms with Crippen LogP contribution in [0.25, 0.3) is 0 Å². The summed E-state index contributed by atoms with van der Waals surface area (Å²) in [6.45, 7) is 1.61. The molecule has 0 aliphatic carbocycles. The Morgan fingerprint density at radius 3 is 2.35 bits per heavy atom. The molecule has 0 aliphatic heterocycles. The zero-order valence-corrected chi connectivity index (χ0v) is 18.6. The van der Waals surface area contributed by atoms with Gasteiger partial charge in [0.05, 0.1) is 26.7 Å². The number of amides is 1. The van der Waals surface area contributed by atoms with Gasteiger partial charge in [0.1, 0.15) is 11.5 Å². The molecule has 2 aromatic rings. The third-order valence-corrected chi connectivity index (χ3v) is 5.01. The normalized spacial score (nSPS) is 10.2. The van der Waals surface area contributed by atoms with Crippen molar-refractivity contribution in [2.24, 2.45) is 0 Å². The van der Waals surface area contributed by atoms with Crippen LogP contribution < -0.4 is 14.4 Å². The average molecular weight is 445 g/mol. The highest BCUT2D eigenvalue weighted by atomic mass is 35.5. The van der Waals surface area contributed by atoms with Gasteiger partial charge in [0.2, 0.25) is 0 Å². The number of ether oxygens (including phenoxy) is 3. The van der Waals surface area contributed by atoms with E-state index in [0.717, 1.165) is 11.1 Å². The summed E-state index contributed by atoms with van der Waals surface area (Å²) in [5, 5.41) is 9.48. The standard InChI is InChI=1S/C23H25ClN2O5/c1-16-11-18(6-7-21(16)24)26(10-4-9-25)22(27)15-31-23(28)8-5-17-12-19(29-2)14-20(13-17)30-3/h6-7,11-14H,4-5,8,10,15H2,1-3H3. The molecule has 164 valence electrons. The maximum Gasteiger partial charge on any atom is 0.306 e. The number of nitrogens with zero attached hydrogens (tertiary/aromatic N) is 2. The fraction of sp³-hybridized carbons (Fsp3) is 0.348. The van der Waals surface area contributed by atoms with Crippen LogP contribution in [-0.4, -0.2) is 39.2 Å². The number of carbonyl (C=O) groups is 2. The van der Waals surface area contributed by atoms with E-state index in [4.69, 9.17) is 31.1 Å². The van der Waals surface area contributed by atoms with Gasteiger partial charge in [-0.25, -0.2) is 0 Å². The lowest BCUT2D eigenvalue weighted by molar-refractivity contribution is -0.147. The van der Waals surface area contributed by atoms with E-state index in [2.05, 4.69) is 0 Å². The third kappa shape index (κ3) is 7.19. The molecule has 0 saturated heterocycles. The summed E-state index contributed by atoms with van der Waals surface area (Å²) in [6.07, 6.45) is 0.663. The second-order valence-electron chi connectivity index (χ2n) is 6.77. The van der Waals surface area contributed by atoms with Crippen molar-refractivity contribution in [2.45, 2.75) is 26.2 Å². The number of esters is 1. The number of aryl methyl sites for hydroxylation is 2. The number of carbonyl (C=O) groups excluding carboxylic acids is 2. The highest BCUT2D eigenvalue weighted by molar-refractivity contribution is 6.31. The van der Waals surface area contributed by atoms with E-state index in [9.17, 15) is 9.59 Å². The van der Waals surface area contributed by atoms with Crippen LogP contribution in [0.3, 0.4) is 0 Å². The molecule has 31 heavy (non-hydrogen) atoms. The molecule has 7 nitrogen and oxygen atoms in total. The van der Waals surface area contributed by atoms with Crippen molar-refractivity contribution in [1.82, 2.24) is 0 Å².